The summed E-state index contributed by atoms with van der Waals surface area (Å²) >= 11 is 0. The summed E-state index contributed by atoms with van der Waals surface area (Å²) in [4.78, 5) is 53.3. The Morgan fingerprint density at radius 1 is 0.654 bits per heavy atom. The zero-order valence-corrected chi connectivity index (χ0v) is 50.9. The van der Waals surface area contributed by atoms with Gasteiger partial charge in [-0.1, -0.05) is 176 Å². The molecular formula is C67H87N3O6Si2. The molecule has 0 spiro atoms. The Morgan fingerprint density at radius 2 is 1.27 bits per heavy atom. The summed E-state index contributed by atoms with van der Waals surface area (Å²) in [6, 6.07) is 46.8. The van der Waals surface area contributed by atoms with Gasteiger partial charge >= 0.3 is 0 Å². The summed E-state index contributed by atoms with van der Waals surface area (Å²) in [7, 11) is -5.01. The van der Waals surface area contributed by atoms with Crippen molar-refractivity contribution in [2.75, 3.05) is 26.3 Å². The van der Waals surface area contributed by atoms with Crippen molar-refractivity contribution in [1.29, 1.82) is 0 Å². The molecule has 9 nitrogen and oxygen atoms in total. The van der Waals surface area contributed by atoms with E-state index in [2.05, 4.69) is 146 Å². The summed E-state index contributed by atoms with van der Waals surface area (Å²) in [5.74, 6) is 0.553. The molecule has 414 valence electrons. The third-order valence-corrected chi connectivity index (χ3v) is 26.6. The van der Waals surface area contributed by atoms with Crippen LogP contribution in [0.15, 0.2) is 152 Å². The summed E-state index contributed by atoms with van der Waals surface area (Å²) in [6.07, 6.45) is 9.12. The number of amides is 2. The van der Waals surface area contributed by atoms with Gasteiger partial charge in [-0.15, -0.1) is 0 Å². The van der Waals surface area contributed by atoms with Gasteiger partial charge in [0.05, 0.1) is 18.8 Å². The van der Waals surface area contributed by atoms with E-state index in [4.69, 9.17) is 13.6 Å². The number of ether oxygens (including phenoxy) is 1. The van der Waals surface area contributed by atoms with E-state index >= 15 is 9.59 Å². The fourth-order valence-electron chi connectivity index (χ4n) is 11.3. The van der Waals surface area contributed by atoms with E-state index in [-0.39, 0.29) is 46.1 Å². The number of nitrogens with zero attached hydrogens (tertiary/aromatic N) is 3. The molecule has 1 aromatic heterocycles. The molecule has 0 unspecified atom stereocenters. The molecule has 0 saturated heterocycles. The Labute approximate surface area is 469 Å². The zero-order chi connectivity index (χ0) is 56.4. The van der Waals surface area contributed by atoms with Crippen LogP contribution in [0, 0.1) is 6.92 Å². The van der Waals surface area contributed by atoms with E-state index in [0.29, 0.717) is 56.0 Å². The highest BCUT2D eigenvalue weighted by molar-refractivity contribution is 6.99. The lowest BCUT2D eigenvalue weighted by Crippen LogP contribution is -2.67. The van der Waals surface area contributed by atoms with Crippen LogP contribution in [0.2, 0.25) is 23.2 Å². The van der Waals surface area contributed by atoms with Crippen molar-refractivity contribution in [1.82, 2.24) is 14.8 Å². The highest BCUT2D eigenvalue weighted by Gasteiger charge is 2.51. The van der Waals surface area contributed by atoms with Crippen LogP contribution in [0.5, 0.6) is 5.75 Å². The van der Waals surface area contributed by atoms with Crippen LogP contribution in [0.3, 0.4) is 0 Å². The standard InChI is InChI=1S/C67H87N3O6Si2/c1-13-67(40-22-23-41-67)70(44-46-76-78(65(6,7)8,58-27-16-14-17-28-58)59-29-18-15-19-30-59)62(72)60-31-21-20-26-53(60)34-37-56(71)48-54-33-32-51(2)47-61(54)63(73)69(43-45-75-77(11,12)64(3,4)5)66(9,10)55-35-38-57(39-36-55)74-50-52-25-24-42-68-49-52/h14-21,24-33,35-36,38-39,42,47,49H,13,22-23,34,37,40-41,43-46,48,50H2,1-12H3. The fourth-order valence-corrected chi connectivity index (χ4v) is 16.9. The first-order valence-corrected chi connectivity index (χ1v) is 33.2. The largest absolute Gasteiger partial charge is 0.489 e. The van der Waals surface area contributed by atoms with E-state index in [1.807, 2.05) is 90.7 Å². The maximum Gasteiger partial charge on any atom is 0.261 e. The minimum Gasteiger partial charge on any atom is -0.489 e. The van der Waals surface area contributed by atoms with E-state index < -0.39 is 22.2 Å². The van der Waals surface area contributed by atoms with Crippen molar-refractivity contribution >= 4 is 44.6 Å². The van der Waals surface area contributed by atoms with Crippen LogP contribution < -0.4 is 15.1 Å². The Bertz CT molecular complexity index is 2890. The van der Waals surface area contributed by atoms with Crippen LogP contribution in [-0.4, -0.2) is 80.9 Å². The van der Waals surface area contributed by atoms with Gasteiger partial charge in [-0.3, -0.25) is 19.4 Å². The summed E-state index contributed by atoms with van der Waals surface area (Å²) in [5, 5.41) is 2.22. The first-order valence-electron chi connectivity index (χ1n) is 28.4. The maximum atomic E-state index is 15.4. The molecule has 0 aliphatic heterocycles. The monoisotopic (exact) mass is 1090 g/mol. The van der Waals surface area contributed by atoms with Crippen LogP contribution in [0.1, 0.15) is 149 Å². The van der Waals surface area contributed by atoms with Gasteiger partial charge in [-0.2, -0.15) is 0 Å². The molecule has 1 aliphatic rings. The van der Waals surface area contributed by atoms with Crippen molar-refractivity contribution in [3.05, 3.63) is 191 Å². The number of aryl methyl sites for hydroxylation is 2. The molecular weight excluding hydrogens is 999 g/mol. The average molecular weight is 1090 g/mol. The van der Waals surface area contributed by atoms with Gasteiger partial charge in [0, 0.05) is 60.6 Å². The third-order valence-electron chi connectivity index (χ3n) is 17.1. The second-order valence-corrected chi connectivity index (χ2v) is 33.7. The molecule has 78 heavy (non-hydrogen) atoms. The van der Waals surface area contributed by atoms with E-state index in [9.17, 15) is 4.79 Å². The first-order chi connectivity index (χ1) is 37.0. The van der Waals surface area contributed by atoms with Gasteiger partial charge in [-0.05, 0) is 127 Å². The second kappa shape index (κ2) is 25.4. The number of rotatable bonds is 24. The van der Waals surface area contributed by atoms with Crippen molar-refractivity contribution < 1.29 is 28.0 Å². The number of carbonyl (C=O) groups excluding carboxylic acids is 3. The number of benzene rings is 5. The number of carbonyl (C=O) groups is 3. The zero-order valence-electron chi connectivity index (χ0n) is 48.9. The molecule has 11 heteroatoms. The molecule has 0 atom stereocenters. The number of aromatic nitrogens is 1. The molecule has 0 bridgehead atoms. The third kappa shape index (κ3) is 13.7. The average Bonchev–Trinajstić information content (AvgIpc) is 3.95. The van der Waals surface area contributed by atoms with Gasteiger partial charge in [-0.25, -0.2) is 0 Å². The molecule has 1 aliphatic carbocycles. The first kappa shape index (κ1) is 59.7. The molecule has 7 rings (SSSR count). The van der Waals surface area contributed by atoms with Gasteiger partial charge in [0.15, 0.2) is 8.32 Å². The lowest BCUT2D eigenvalue weighted by Gasteiger charge is -2.45. The van der Waals surface area contributed by atoms with Crippen LogP contribution in [0.25, 0.3) is 0 Å². The number of hydrogen-bond donors (Lipinski definition) is 0. The summed E-state index contributed by atoms with van der Waals surface area (Å²) in [5.41, 5.74) is 4.46. The van der Waals surface area contributed by atoms with Gasteiger partial charge in [0.1, 0.15) is 18.1 Å². The number of pyridine rings is 1. The predicted molar refractivity (Wildman–Crippen MR) is 323 cm³/mol. The molecule has 1 saturated carbocycles. The van der Waals surface area contributed by atoms with E-state index in [1.54, 1.807) is 12.4 Å². The highest BCUT2D eigenvalue weighted by atomic mass is 28.4. The van der Waals surface area contributed by atoms with Gasteiger partial charge in [0.2, 0.25) is 0 Å². The Morgan fingerprint density at radius 3 is 1.86 bits per heavy atom. The van der Waals surface area contributed by atoms with Crippen LogP contribution in [0.4, 0.5) is 0 Å². The Kier molecular flexibility index (Phi) is 19.4. The van der Waals surface area contributed by atoms with Gasteiger partial charge < -0.3 is 23.4 Å². The van der Waals surface area contributed by atoms with E-state index in [0.717, 1.165) is 60.1 Å². The molecule has 6 aromatic rings. The summed E-state index contributed by atoms with van der Waals surface area (Å²) in [6.45, 7) is 28.3. The minimum absolute atomic E-state index is 0.000443. The predicted octanol–water partition coefficient (Wildman–Crippen LogP) is 13.9. The fraction of sp³-hybridized carbons (Fsp3) is 0.433. The smallest absolute Gasteiger partial charge is 0.261 e. The number of ketones is 1. The molecule has 0 radical (unpaired) electrons. The minimum atomic E-state index is -2.86. The van der Waals surface area contributed by atoms with E-state index in [1.165, 1.54) is 10.4 Å². The maximum absolute atomic E-state index is 15.4. The quantitative estimate of drug-likeness (QED) is 0.0557. The molecule has 0 N–H and O–H groups in total. The number of hydrogen-bond acceptors (Lipinski definition) is 7. The van der Waals surface area contributed by atoms with Crippen molar-refractivity contribution in [3.8, 4) is 5.75 Å². The lowest BCUT2D eigenvalue weighted by atomic mass is 9.89. The van der Waals surface area contributed by atoms with Crippen LogP contribution >= 0.6 is 0 Å². The van der Waals surface area contributed by atoms with Crippen LogP contribution in [-0.2, 0) is 38.6 Å². The molecule has 2 amide bonds. The summed E-state index contributed by atoms with van der Waals surface area (Å²) < 4.78 is 20.3. The normalized spacial score (nSPS) is 14.0. The van der Waals surface area contributed by atoms with Crippen molar-refractivity contribution in [3.63, 3.8) is 0 Å². The lowest BCUT2D eigenvalue weighted by molar-refractivity contribution is -0.118. The Balaban J connectivity index is 1.11. The Hall–Kier alpha value is -5.99. The molecule has 1 fully saturated rings. The SMILES string of the molecule is CCC1(N(CCO[Si](c2ccccc2)(c2ccccc2)C(C)(C)C)C(=O)c2ccccc2CCC(=O)Cc2ccc(C)cc2C(=O)N(CCO[Si](C)(C)C(C)(C)C)C(C)(C)c2ccc(OCc3cccnc3)cc2)CCCC1. The molecule has 5 aromatic carbocycles. The highest BCUT2D eigenvalue weighted by Crippen LogP contribution is 2.41. The van der Waals surface area contributed by atoms with Crippen molar-refractivity contribution in [2.45, 2.75) is 161 Å². The second-order valence-electron chi connectivity index (χ2n) is 24.6. The van der Waals surface area contributed by atoms with Gasteiger partial charge in [0.25, 0.3) is 20.1 Å². The van der Waals surface area contributed by atoms with Crippen molar-refractivity contribution in [2.24, 2.45) is 0 Å². The number of Topliss-reactive ketones (excluding diaryl/α,β-unsaturated/α-hetero) is 1. The molecule has 1 heterocycles. The topological polar surface area (TPSA) is 98.3 Å².